The van der Waals surface area contributed by atoms with Crippen LogP contribution in [0.4, 0.5) is 14.6 Å². The lowest BCUT2D eigenvalue weighted by atomic mass is 10.1. The molecule has 0 aliphatic carbocycles. The van der Waals surface area contributed by atoms with Gasteiger partial charge in [-0.2, -0.15) is 0 Å². The summed E-state index contributed by atoms with van der Waals surface area (Å²) in [5.74, 6) is 4.82. The molecule has 0 atom stereocenters. The normalized spacial score (nSPS) is 10.4. The van der Waals surface area contributed by atoms with Crippen molar-refractivity contribution in [1.29, 1.82) is 0 Å². The molecule has 0 aliphatic heterocycles. The summed E-state index contributed by atoms with van der Waals surface area (Å²) in [5, 5.41) is 3.53. The largest absolute Gasteiger partial charge is 0.380 e. The van der Waals surface area contributed by atoms with E-state index in [0.29, 0.717) is 36.3 Å². The minimum Gasteiger partial charge on any atom is -0.380 e. The molecule has 1 aromatic heterocycles. The van der Waals surface area contributed by atoms with E-state index in [2.05, 4.69) is 27.1 Å². The van der Waals surface area contributed by atoms with Crippen molar-refractivity contribution in [2.45, 2.75) is 13.0 Å². The van der Waals surface area contributed by atoms with Crippen LogP contribution >= 0.6 is 0 Å². The van der Waals surface area contributed by atoms with Gasteiger partial charge in [-0.05, 0) is 17.7 Å². The molecule has 4 nitrogen and oxygen atoms in total. The molecule has 6 heteroatoms. The van der Waals surface area contributed by atoms with Crippen molar-refractivity contribution in [2.75, 3.05) is 19.0 Å². The van der Waals surface area contributed by atoms with Crippen molar-refractivity contribution in [1.82, 2.24) is 9.97 Å². The van der Waals surface area contributed by atoms with E-state index in [1.807, 2.05) is 24.3 Å². The zero-order valence-electron chi connectivity index (χ0n) is 14.2. The Kier molecular flexibility index (Phi) is 5.72. The summed E-state index contributed by atoms with van der Waals surface area (Å²) in [4.78, 5) is 8.05. The second-order valence-electron chi connectivity index (χ2n) is 5.57. The average molecular weight is 353 g/mol. The highest BCUT2D eigenvalue weighted by molar-refractivity contribution is 5.88. The van der Waals surface area contributed by atoms with Crippen LogP contribution in [0.3, 0.4) is 0 Å². The van der Waals surface area contributed by atoms with Crippen molar-refractivity contribution in [3.8, 4) is 11.8 Å². The SMILES string of the molecule is COCc1ccccc1C#CCCNc1ncnc2cc(F)c(F)cc12. The number of hydrogen-bond acceptors (Lipinski definition) is 4. The van der Waals surface area contributed by atoms with E-state index in [0.717, 1.165) is 23.3 Å². The van der Waals surface area contributed by atoms with E-state index in [1.165, 1.54) is 6.33 Å². The van der Waals surface area contributed by atoms with Gasteiger partial charge in [0.15, 0.2) is 11.6 Å². The number of benzene rings is 2. The predicted octanol–water partition coefficient (Wildman–Crippen LogP) is 3.91. The van der Waals surface area contributed by atoms with E-state index in [9.17, 15) is 8.78 Å². The number of ether oxygens (including phenoxy) is 1. The second-order valence-corrected chi connectivity index (χ2v) is 5.57. The molecule has 0 spiro atoms. The maximum atomic E-state index is 13.5. The lowest BCUT2D eigenvalue weighted by molar-refractivity contribution is 0.184. The molecule has 0 saturated carbocycles. The van der Waals surface area contributed by atoms with Crippen LogP contribution < -0.4 is 5.32 Å². The first-order valence-corrected chi connectivity index (χ1v) is 8.08. The Morgan fingerprint density at radius 1 is 1.12 bits per heavy atom. The van der Waals surface area contributed by atoms with Crippen LogP contribution in [0.2, 0.25) is 0 Å². The molecule has 3 rings (SSSR count). The van der Waals surface area contributed by atoms with E-state index >= 15 is 0 Å². The first-order valence-electron chi connectivity index (χ1n) is 8.08. The summed E-state index contributed by atoms with van der Waals surface area (Å²) in [7, 11) is 1.65. The number of nitrogens with zero attached hydrogens (tertiary/aromatic N) is 2. The molecular weight excluding hydrogens is 336 g/mol. The van der Waals surface area contributed by atoms with Crippen molar-refractivity contribution < 1.29 is 13.5 Å². The summed E-state index contributed by atoms with van der Waals surface area (Å²) in [6.45, 7) is 1.03. The zero-order chi connectivity index (χ0) is 18.4. The molecule has 0 unspecified atom stereocenters. The molecule has 0 fully saturated rings. The van der Waals surface area contributed by atoms with Crippen LogP contribution in [-0.4, -0.2) is 23.6 Å². The number of halogens is 2. The number of anilines is 1. The molecule has 1 N–H and O–H groups in total. The van der Waals surface area contributed by atoms with E-state index < -0.39 is 11.6 Å². The van der Waals surface area contributed by atoms with Crippen molar-refractivity contribution in [3.05, 3.63) is 65.5 Å². The number of rotatable bonds is 5. The minimum absolute atomic E-state index is 0.348. The van der Waals surface area contributed by atoms with Crippen molar-refractivity contribution in [3.63, 3.8) is 0 Å². The van der Waals surface area contributed by atoms with Gasteiger partial charge >= 0.3 is 0 Å². The van der Waals surface area contributed by atoms with Gasteiger partial charge in [-0.15, -0.1) is 0 Å². The molecule has 3 aromatic rings. The van der Waals surface area contributed by atoms with Gasteiger partial charge in [-0.25, -0.2) is 18.7 Å². The first kappa shape index (κ1) is 17.8. The van der Waals surface area contributed by atoms with Crippen molar-refractivity contribution >= 4 is 16.7 Å². The van der Waals surface area contributed by atoms with Gasteiger partial charge in [0.2, 0.25) is 0 Å². The van der Waals surface area contributed by atoms with Gasteiger partial charge in [0, 0.05) is 37.1 Å². The van der Waals surface area contributed by atoms with Crippen molar-refractivity contribution in [2.24, 2.45) is 0 Å². The third kappa shape index (κ3) is 4.13. The number of fused-ring (bicyclic) bond motifs is 1. The van der Waals surface area contributed by atoms with E-state index in [4.69, 9.17) is 4.74 Å². The predicted molar refractivity (Wildman–Crippen MR) is 96.6 cm³/mol. The molecule has 1 heterocycles. The van der Waals surface area contributed by atoms with Crippen LogP contribution in [0.1, 0.15) is 17.5 Å². The van der Waals surface area contributed by atoms with E-state index in [-0.39, 0.29) is 0 Å². The maximum absolute atomic E-state index is 13.5. The number of aromatic nitrogens is 2. The fourth-order valence-corrected chi connectivity index (χ4v) is 2.52. The third-order valence-corrected chi connectivity index (χ3v) is 3.76. The quantitative estimate of drug-likeness (QED) is 0.558. The maximum Gasteiger partial charge on any atom is 0.161 e. The monoisotopic (exact) mass is 353 g/mol. The number of methoxy groups -OCH3 is 1. The summed E-state index contributed by atoms with van der Waals surface area (Å²) >= 11 is 0. The molecule has 0 saturated heterocycles. The standard InChI is InChI=1S/C20H17F2N3O/c1-26-12-15-8-3-2-6-14(15)7-4-5-9-23-20-16-10-17(21)18(22)11-19(16)24-13-25-20/h2-3,6,8,10-11,13H,5,9,12H2,1H3,(H,23,24,25). The van der Waals surface area contributed by atoms with Gasteiger partial charge in [0.05, 0.1) is 12.1 Å². The molecule has 132 valence electrons. The van der Waals surface area contributed by atoms with Crippen LogP contribution in [0.5, 0.6) is 0 Å². The summed E-state index contributed by atoms with van der Waals surface area (Å²) in [6, 6.07) is 9.96. The topological polar surface area (TPSA) is 47.0 Å². The van der Waals surface area contributed by atoms with Gasteiger partial charge < -0.3 is 10.1 Å². The Balaban J connectivity index is 1.67. The smallest absolute Gasteiger partial charge is 0.161 e. The summed E-state index contributed by atoms with van der Waals surface area (Å²) < 4.78 is 31.9. The molecule has 26 heavy (non-hydrogen) atoms. The second kappa shape index (κ2) is 8.37. The molecule has 0 amide bonds. The van der Waals surface area contributed by atoms with Gasteiger partial charge in [-0.1, -0.05) is 30.0 Å². The fourth-order valence-electron chi connectivity index (χ4n) is 2.52. The Morgan fingerprint density at radius 3 is 2.77 bits per heavy atom. The summed E-state index contributed by atoms with van der Waals surface area (Å²) in [6.07, 6.45) is 1.88. The lowest BCUT2D eigenvalue weighted by Crippen LogP contribution is -2.04. The third-order valence-electron chi connectivity index (χ3n) is 3.76. The average Bonchev–Trinajstić information content (AvgIpc) is 2.64. The molecule has 0 radical (unpaired) electrons. The van der Waals surface area contributed by atoms with Gasteiger partial charge in [-0.3, -0.25) is 0 Å². The van der Waals surface area contributed by atoms with Gasteiger partial charge in [0.25, 0.3) is 0 Å². The van der Waals surface area contributed by atoms with Gasteiger partial charge in [0.1, 0.15) is 12.1 Å². The molecular formula is C20H17F2N3O. The minimum atomic E-state index is -0.928. The Hall–Kier alpha value is -3.04. The molecule has 0 bridgehead atoms. The first-order chi connectivity index (χ1) is 12.7. The summed E-state index contributed by atoms with van der Waals surface area (Å²) in [5.41, 5.74) is 2.31. The highest BCUT2D eigenvalue weighted by Crippen LogP contribution is 2.22. The molecule has 2 aromatic carbocycles. The molecule has 0 aliphatic rings. The van der Waals surface area contributed by atoms with Crippen LogP contribution in [0, 0.1) is 23.5 Å². The highest BCUT2D eigenvalue weighted by atomic mass is 19.2. The van der Waals surface area contributed by atoms with Crippen LogP contribution in [-0.2, 0) is 11.3 Å². The Labute approximate surface area is 150 Å². The Morgan fingerprint density at radius 2 is 1.92 bits per heavy atom. The number of nitrogens with one attached hydrogen (secondary N) is 1. The van der Waals surface area contributed by atoms with Crippen LogP contribution in [0.25, 0.3) is 10.9 Å². The number of hydrogen-bond donors (Lipinski definition) is 1. The lowest BCUT2D eigenvalue weighted by Gasteiger charge is -2.07. The zero-order valence-corrected chi connectivity index (χ0v) is 14.2. The highest BCUT2D eigenvalue weighted by Gasteiger charge is 2.09. The fraction of sp³-hybridized carbons (Fsp3) is 0.200. The Bertz CT molecular complexity index is 980. The van der Waals surface area contributed by atoms with Crippen LogP contribution in [0.15, 0.2) is 42.7 Å². The van der Waals surface area contributed by atoms with E-state index in [1.54, 1.807) is 7.11 Å².